The summed E-state index contributed by atoms with van der Waals surface area (Å²) in [5, 5.41) is 0.860. The van der Waals surface area contributed by atoms with Crippen LogP contribution in [-0.2, 0) is 0 Å². The maximum absolute atomic E-state index is 10.7. The molecule has 0 amide bonds. The largest absolute Gasteiger partial charge is 0.298 e. The molecule has 0 fully saturated rings. The Morgan fingerprint density at radius 1 is 1.50 bits per heavy atom. The summed E-state index contributed by atoms with van der Waals surface area (Å²) in [7, 11) is 0. The van der Waals surface area contributed by atoms with Crippen molar-refractivity contribution in [2.75, 3.05) is 5.75 Å². The Bertz CT molecular complexity index is 288. The van der Waals surface area contributed by atoms with E-state index in [9.17, 15) is 4.79 Å². The van der Waals surface area contributed by atoms with E-state index in [1.165, 1.54) is 19.3 Å². The number of nitrogens with zero attached hydrogens (tertiary/aromatic N) is 1. The lowest BCUT2D eigenvalue weighted by atomic mass is 10.3. The number of hydrogen-bond acceptors (Lipinski definition) is 3. The van der Waals surface area contributed by atoms with Crippen molar-refractivity contribution < 1.29 is 4.79 Å². The lowest BCUT2D eigenvalue weighted by molar-refractivity contribution is 0.112. The number of carbonyl (C=O) groups is 1. The van der Waals surface area contributed by atoms with E-state index in [1.54, 1.807) is 24.0 Å². The highest BCUT2D eigenvalue weighted by atomic mass is 32.2. The first-order chi connectivity index (χ1) is 6.88. The van der Waals surface area contributed by atoms with E-state index in [0.29, 0.717) is 5.56 Å². The average molecular weight is 209 g/mol. The molecule has 1 heterocycles. The van der Waals surface area contributed by atoms with Gasteiger partial charge in [0.1, 0.15) is 5.03 Å². The van der Waals surface area contributed by atoms with Gasteiger partial charge < -0.3 is 0 Å². The first-order valence-corrected chi connectivity index (χ1v) is 5.90. The van der Waals surface area contributed by atoms with Crippen molar-refractivity contribution >= 4 is 18.0 Å². The molecule has 0 aliphatic heterocycles. The minimum atomic E-state index is 0.703. The number of thioether (sulfide) groups is 1. The van der Waals surface area contributed by atoms with Crippen LogP contribution in [0.1, 0.15) is 36.5 Å². The van der Waals surface area contributed by atoms with Crippen molar-refractivity contribution in [3.63, 3.8) is 0 Å². The zero-order valence-electron chi connectivity index (χ0n) is 8.40. The van der Waals surface area contributed by atoms with Crippen LogP contribution in [0.25, 0.3) is 0 Å². The van der Waals surface area contributed by atoms with Gasteiger partial charge in [-0.1, -0.05) is 19.8 Å². The van der Waals surface area contributed by atoms with Crippen molar-refractivity contribution in [1.29, 1.82) is 0 Å². The Labute approximate surface area is 89.1 Å². The highest BCUT2D eigenvalue weighted by molar-refractivity contribution is 7.99. The molecule has 0 unspecified atom stereocenters. The van der Waals surface area contributed by atoms with Crippen LogP contribution in [0.2, 0.25) is 0 Å². The first kappa shape index (κ1) is 11.2. The van der Waals surface area contributed by atoms with Crippen molar-refractivity contribution in [2.24, 2.45) is 0 Å². The Kier molecular flexibility index (Phi) is 5.30. The molecule has 0 saturated carbocycles. The smallest absolute Gasteiger partial charge is 0.152 e. The number of unbranched alkanes of at least 4 members (excludes halogenated alkanes) is 2. The molecule has 14 heavy (non-hydrogen) atoms. The molecular weight excluding hydrogens is 194 g/mol. The normalized spacial score (nSPS) is 10.1. The number of aldehydes is 1. The van der Waals surface area contributed by atoms with E-state index in [1.807, 2.05) is 6.07 Å². The van der Waals surface area contributed by atoms with E-state index in [-0.39, 0.29) is 0 Å². The SMILES string of the molecule is CCCCCSc1ncccc1C=O. The summed E-state index contributed by atoms with van der Waals surface area (Å²) in [6, 6.07) is 3.60. The van der Waals surface area contributed by atoms with Crippen LogP contribution in [0, 0.1) is 0 Å². The Morgan fingerprint density at radius 2 is 2.36 bits per heavy atom. The predicted octanol–water partition coefficient (Wildman–Crippen LogP) is 3.18. The summed E-state index contributed by atoms with van der Waals surface area (Å²) >= 11 is 1.67. The molecule has 1 aromatic rings. The molecule has 0 aliphatic carbocycles. The third kappa shape index (κ3) is 3.50. The molecule has 0 atom stereocenters. The lowest BCUT2D eigenvalue weighted by Gasteiger charge is -2.01. The van der Waals surface area contributed by atoms with Gasteiger partial charge in [0.25, 0.3) is 0 Å². The van der Waals surface area contributed by atoms with Crippen molar-refractivity contribution in [2.45, 2.75) is 31.2 Å². The minimum Gasteiger partial charge on any atom is -0.298 e. The molecule has 76 valence electrons. The highest BCUT2D eigenvalue weighted by Crippen LogP contribution is 2.19. The van der Waals surface area contributed by atoms with Crippen LogP contribution in [0.5, 0.6) is 0 Å². The van der Waals surface area contributed by atoms with Crippen molar-refractivity contribution in [3.05, 3.63) is 23.9 Å². The molecule has 1 rings (SSSR count). The van der Waals surface area contributed by atoms with Crippen molar-refractivity contribution in [3.8, 4) is 0 Å². The first-order valence-electron chi connectivity index (χ1n) is 4.91. The average Bonchev–Trinajstić information content (AvgIpc) is 2.25. The molecule has 1 aromatic heterocycles. The molecule has 3 heteroatoms. The van der Waals surface area contributed by atoms with Crippen LogP contribution in [0.4, 0.5) is 0 Å². The van der Waals surface area contributed by atoms with E-state index in [4.69, 9.17) is 0 Å². The van der Waals surface area contributed by atoms with Crippen LogP contribution in [0.3, 0.4) is 0 Å². The Balaban J connectivity index is 2.45. The molecule has 0 aromatic carbocycles. The standard InChI is InChI=1S/C11H15NOS/c1-2-3-4-8-14-11-10(9-13)6-5-7-12-11/h5-7,9H,2-4,8H2,1H3. The number of hydrogen-bond donors (Lipinski definition) is 0. The van der Waals surface area contributed by atoms with E-state index in [2.05, 4.69) is 11.9 Å². The van der Waals surface area contributed by atoms with Gasteiger partial charge in [-0.15, -0.1) is 11.8 Å². The van der Waals surface area contributed by atoms with Gasteiger partial charge in [-0.25, -0.2) is 4.98 Å². The fourth-order valence-corrected chi connectivity index (χ4v) is 2.09. The van der Waals surface area contributed by atoms with Crippen LogP contribution >= 0.6 is 11.8 Å². The number of aromatic nitrogens is 1. The van der Waals surface area contributed by atoms with Gasteiger partial charge in [-0.3, -0.25) is 4.79 Å². The third-order valence-corrected chi connectivity index (χ3v) is 3.02. The topological polar surface area (TPSA) is 30.0 Å². The number of pyridine rings is 1. The second kappa shape index (κ2) is 6.60. The van der Waals surface area contributed by atoms with Gasteiger partial charge >= 0.3 is 0 Å². The molecule has 0 N–H and O–H groups in total. The molecule has 0 radical (unpaired) electrons. The fourth-order valence-electron chi connectivity index (χ4n) is 1.13. The summed E-state index contributed by atoms with van der Waals surface area (Å²) in [6.07, 6.45) is 6.26. The summed E-state index contributed by atoms with van der Waals surface area (Å²) < 4.78 is 0. The quantitative estimate of drug-likeness (QED) is 0.409. The second-order valence-corrected chi connectivity index (χ2v) is 4.15. The zero-order chi connectivity index (χ0) is 10.2. The molecule has 2 nitrogen and oxygen atoms in total. The van der Waals surface area contributed by atoms with Gasteiger partial charge in [-0.2, -0.15) is 0 Å². The van der Waals surface area contributed by atoms with Gasteiger partial charge in [0, 0.05) is 11.8 Å². The maximum atomic E-state index is 10.7. The molecule has 0 aliphatic rings. The Hall–Kier alpha value is -0.830. The number of carbonyl (C=O) groups excluding carboxylic acids is 1. The molecule has 0 bridgehead atoms. The highest BCUT2D eigenvalue weighted by Gasteiger charge is 2.01. The second-order valence-electron chi connectivity index (χ2n) is 3.07. The van der Waals surface area contributed by atoms with Gasteiger partial charge in [0.15, 0.2) is 6.29 Å². The molecule has 0 spiro atoms. The molecule has 0 saturated heterocycles. The van der Waals surface area contributed by atoms with Crippen LogP contribution in [0.15, 0.2) is 23.4 Å². The Morgan fingerprint density at radius 3 is 3.07 bits per heavy atom. The fraction of sp³-hybridized carbons (Fsp3) is 0.455. The van der Waals surface area contributed by atoms with Gasteiger partial charge in [0.05, 0.1) is 0 Å². The lowest BCUT2D eigenvalue weighted by Crippen LogP contribution is -1.90. The van der Waals surface area contributed by atoms with E-state index in [0.717, 1.165) is 17.1 Å². The summed E-state index contributed by atoms with van der Waals surface area (Å²) in [5.74, 6) is 1.05. The van der Waals surface area contributed by atoms with Gasteiger partial charge in [-0.05, 0) is 24.3 Å². The maximum Gasteiger partial charge on any atom is 0.152 e. The van der Waals surface area contributed by atoms with Crippen molar-refractivity contribution in [1.82, 2.24) is 4.98 Å². The number of rotatable bonds is 6. The minimum absolute atomic E-state index is 0.703. The van der Waals surface area contributed by atoms with E-state index < -0.39 is 0 Å². The summed E-state index contributed by atoms with van der Waals surface area (Å²) in [6.45, 7) is 2.18. The van der Waals surface area contributed by atoms with Crippen LogP contribution in [-0.4, -0.2) is 17.0 Å². The van der Waals surface area contributed by atoms with E-state index >= 15 is 0 Å². The third-order valence-electron chi connectivity index (χ3n) is 1.91. The summed E-state index contributed by atoms with van der Waals surface area (Å²) in [4.78, 5) is 14.8. The molecular formula is C11H15NOS. The predicted molar refractivity (Wildman–Crippen MR) is 59.9 cm³/mol. The van der Waals surface area contributed by atoms with Crippen LogP contribution < -0.4 is 0 Å². The summed E-state index contributed by atoms with van der Waals surface area (Å²) in [5.41, 5.74) is 0.703. The van der Waals surface area contributed by atoms with Gasteiger partial charge in [0.2, 0.25) is 0 Å². The monoisotopic (exact) mass is 209 g/mol. The zero-order valence-corrected chi connectivity index (χ0v) is 9.22.